The van der Waals surface area contributed by atoms with Gasteiger partial charge in [-0.2, -0.15) is 0 Å². The van der Waals surface area contributed by atoms with Crippen molar-refractivity contribution in [1.82, 2.24) is 10.3 Å². The normalized spacial score (nSPS) is 20.2. The molecule has 9 heteroatoms. The zero-order valence-electron chi connectivity index (χ0n) is 11.8. The molecular formula is C13H16N4O5. The van der Waals surface area contributed by atoms with Gasteiger partial charge in [0, 0.05) is 31.1 Å². The molecule has 1 saturated heterocycles. The highest BCUT2D eigenvalue weighted by atomic mass is 16.6. The van der Waals surface area contributed by atoms with Gasteiger partial charge in [-0.3, -0.25) is 10.1 Å². The Hall–Kier alpha value is -2.58. The van der Waals surface area contributed by atoms with Crippen LogP contribution in [-0.4, -0.2) is 46.8 Å². The molecule has 0 aromatic carbocycles. The Morgan fingerprint density at radius 2 is 2.41 bits per heavy atom. The predicted octanol–water partition coefficient (Wildman–Crippen LogP) is 1.16. The monoisotopic (exact) mass is 308 g/mol. The minimum absolute atomic E-state index is 0.0553. The molecule has 2 N–H and O–H groups in total. The highest BCUT2D eigenvalue weighted by molar-refractivity contribution is 5.71. The van der Waals surface area contributed by atoms with Gasteiger partial charge in [-0.15, -0.1) is 0 Å². The van der Waals surface area contributed by atoms with Crippen molar-refractivity contribution in [2.75, 3.05) is 24.6 Å². The maximum absolute atomic E-state index is 11.3. The number of rotatable bonds is 3. The quantitative estimate of drug-likeness (QED) is 0.635. The summed E-state index contributed by atoms with van der Waals surface area (Å²) in [5, 5.41) is 22.6. The van der Waals surface area contributed by atoms with E-state index in [1.54, 1.807) is 0 Å². The van der Waals surface area contributed by atoms with Crippen LogP contribution in [0.25, 0.3) is 0 Å². The van der Waals surface area contributed by atoms with Crippen molar-refractivity contribution in [3.8, 4) is 5.88 Å². The van der Waals surface area contributed by atoms with E-state index in [0.29, 0.717) is 37.7 Å². The number of carboxylic acid groups (broad SMARTS) is 1. The number of fused-ring (bicyclic) bond motifs is 1. The number of pyridine rings is 1. The van der Waals surface area contributed by atoms with Crippen molar-refractivity contribution in [2.45, 2.75) is 25.3 Å². The van der Waals surface area contributed by atoms with Crippen molar-refractivity contribution in [3.63, 3.8) is 0 Å². The Balaban J connectivity index is 1.94. The molecule has 1 aromatic heterocycles. The number of anilines is 1. The van der Waals surface area contributed by atoms with E-state index in [2.05, 4.69) is 10.3 Å². The molecule has 1 aromatic rings. The maximum Gasteiger partial charge on any atom is 0.404 e. The van der Waals surface area contributed by atoms with Crippen LogP contribution < -0.4 is 15.0 Å². The topological polar surface area (TPSA) is 118 Å². The fraction of sp³-hybridized carbons (Fsp3) is 0.538. The van der Waals surface area contributed by atoms with Gasteiger partial charge in [-0.1, -0.05) is 0 Å². The van der Waals surface area contributed by atoms with Gasteiger partial charge in [0.05, 0.1) is 11.5 Å². The standard InChI is InChI=1S/C13H16N4O5/c18-13(19)15-8-2-1-4-16(7-8)11-9-3-5-22-12(9)14-6-10(11)17(20)21/h6,8,15H,1-5,7H2,(H,18,19)/t8-/m0/s1. The van der Waals surface area contributed by atoms with E-state index in [1.165, 1.54) is 6.20 Å². The summed E-state index contributed by atoms with van der Waals surface area (Å²) in [5.41, 5.74) is 1.20. The second kappa shape index (κ2) is 5.66. The lowest BCUT2D eigenvalue weighted by atomic mass is 10.0. The molecule has 0 unspecified atom stereocenters. The Kier molecular flexibility index (Phi) is 3.70. The van der Waals surface area contributed by atoms with Crippen molar-refractivity contribution < 1.29 is 19.6 Å². The molecule has 0 spiro atoms. The highest BCUT2D eigenvalue weighted by Gasteiger charge is 2.32. The van der Waals surface area contributed by atoms with E-state index >= 15 is 0 Å². The van der Waals surface area contributed by atoms with Crippen LogP contribution in [0, 0.1) is 10.1 Å². The highest BCUT2D eigenvalue weighted by Crippen LogP contribution is 2.40. The Morgan fingerprint density at radius 1 is 1.59 bits per heavy atom. The number of carbonyl (C=O) groups is 1. The van der Waals surface area contributed by atoms with Crippen LogP contribution in [0.2, 0.25) is 0 Å². The van der Waals surface area contributed by atoms with E-state index in [4.69, 9.17) is 9.84 Å². The molecule has 0 saturated carbocycles. The lowest BCUT2D eigenvalue weighted by Gasteiger charge is -2.34. The lowest BCUT2D eigenvalue weighted by molar-refractivity contribution is -0.384. The minimum atomic E-state index is -1.08. The summed E-state index contributed by atoms with van der Waals surface area (Å²) in [6.45, 7) is 1.51. The summed E-state index contributed by atoms with van der Waals surface area (Å²) in [4.78, 5) is 27.5. The van der Waals surface area contributed by atoms with Crippen LogP contribution in [0.3, 0.4) is 0 Å². The zero-order chi connectivity index (χ0) is 15.7. The van der Waals surface area contributed by atoms with Crippen molar-refractivity contribution in [3.05, 3.63) is 21.9 Å². The number of amides is 1. The van der Waals surface area contributed by atoms with Gasteiger partial charge < -0.3 is 20.1 Å². The molecule has 2 aliphatic rings. The Labute approximate surface area is 126 Å². The first-order chi connectivity index (χ1) is 10.6. The Morgan fingerprint density at radius 3 is 3.14 bits per heavy atom. The summed E-state index contributed by atoms with van der Waals surface area (Å²) in [6.07, 6.45) is 2.20. The molecule has 22 heavy (non-hydrogen) atoms. The fourth-order valence-electron chi connectivity index (χ4n) is 3.07. The van der Waals surface area contributed by atoms with Crippen molar-refractivity contribution in [2.24, 2.45) is 0 Å². The molecule has 1 fully saturated rings. The molecule has 1 atom stereocenters. The summed E-state index contributed by atoms with van der Waals surface area (Å²) in [6, 6.07) is -0.239. The van der Waals surface area contributed by atoms with Crippen LogP contribution >= 0.6 is 0 Å². The van der Waals surface area contributed by atoms with Crippen LogP contribution in [0.15, 0.2) is 6.20 Å². The van der Waals surface area contributed by atoms with E-state index < -0.39 is 11.0 Å². The first-order valence-electron chi connectivity index (χ1n) is 7.09. The van der Waals surface area contributed by atoms with Crippen LogP contribution in [-0.2, 0) is 6.42 Å². The van der Waals surface area contributed by atoms with Crippen LogP contribution in [0.5, 0.6) is 5.88 Å². The summed E-state index contributed by atoms with van der Waals surface area (Å²) in [7, 11) is 0. The number of ether oxygens (including phenoxy) is 1. The summed E-state index contributed by atoms with van der Waals surface area (Å²) >= 11 is 0. The number of piperidine rings is 1. The summed E-state index contributed by atoms with van der Waals surface area (Å²) in [5.74, 6) is 0.439. The van der Waals surface area contributed by atoms with Gasteiger partial charge in [0.25, 0.3) is 0 Å². The lowest BCUT2D eigenvalue weighted by Crippen LogP contribution is -2.47. The molecule has 118 valence electrons. The summed E-state index contributed by atoms with van der Waals surface area (Å²) < 4.78 is 5.39. The first kappa shape index (κ1) is 14.4. The number of hydrogen-bond donors (Lipinski definition) is 2. The molecule has 3 rings (SSSR count). The molecule has 1 amide bonds. The average molecular weight is 308 g/mol. The van der Waals surface area contributed by atoms with Gasteiger partial charge in [0.1, 0.15) is 11.9 Å². The fourth-order valence-corrected chi connectivity index (χ4v) is 3.07. The smallest absolute Gasteiger partial charge is 0.404 e. The molecule has 9 nitrogen and oxygen atoms in total. The largest absolute Gasteiger partial charge is 0.477 e. The van der Waals surface area contributed by atoms with Gasteiger partial charge in [0.2, 0.25) is 5.88 Å². The van der Waals surface area contributed by atoms with Gasteiger partial charge in [-0.05, 0) is 12.8 Å². The number of hydrogen-bond acceptors (Lipinski definition) is 6. The second-order valence-electron chi connectivity index (χ2n) is 5.37. The molecule has 0 radical (unpaired) electrons. The van der Waals surface area contributed by atoms with Crippen LogP contribution in [0.4, 0.5) is 16.2 Å². The third kappa shape index (κ3) is 2.61. The zero-order valence-corrected chi connectivity index (χ0v) is 11.8. The number of nitrogens with one attached hydrogen (secondary N) is 1. The number of aromatic nitrogens is 1. The van der Waals surface area contributed by atoms with Crippen molar-refractivity contribution in [1.29, 1.82) is 0 Å². The third-order valence-corrected chi connectivity index (χ3v) is 3.94. The van der Waals surface area contributed by atoms with E-state index in [-0.39, 0.29) is 11.7 Å². The van der Waals surface area contributed by atoms with E-state index in [9.17, 15) is 14.9 Å². The SMILES string of the molecule is O=C(O)N[C@H]1CCCN(c2c([N+](=O)[O-])cnc3c2CCO3)C1. The average Bonchev–Trinajstić information content (AvgIpc) is 2.93. The predicted molar refractivity (Wildman–Crippen MR) is 76.5 cm³/mol. The first-order valence-corrected chi connectivity index (χ1v) is 7.09. The van der Waals surface area contributed by atoms with Crippen LogP contribution in [0.1, 0.15) is 18.4 Å². The maximum atomic E-state index is 11.3. The molecule has 0 aliphatic carbocycles. The minimum Gasteiger partial charge on any atom is -0.477 e. The van der Waals surface area contributed by atoms with E-state index in [1.807, 2.05) is 4.90 Å². The molecule has 3 heterocycles. The van der Waals surface area contributed by atoms with E-state index in [0.717, 1.165) is 18.4 Å². The second-order valence-corrected chi connectivity index (χ2v) is 5.37. The molecule has 2 aliphatic heterocycles. The Bertz CT molecular complexity index is 621. The third-order valence-electron chi connectivity index (χ3n) is 3.94. The van der Waals surface area contributed by atoms with Gasteiger partial charge in [-0.25, -0.2) is 9.78 Å². The van der Waals surface area contributed by atoms with Gasteiger partial charge >= 0.3 is 11.8 Å². The van der Waals surface area contributed by atoms with Crippen molar-refractivity contribution >= 4 is 17.5 Å². The number of nitrogens with zero attached hydrogens (tertiary/aromatic N) is 3. The molecular weight excluding hydrogens is 292 g/mol. The molecule has 0 bridgehead atoms. The number of nitro groups is 1. The van der Waals surface area contributed by atoms with Gasteiger partial charge in [0.15, 0.2) is 0 Å².